The van der Waals surface area contributed by atoms with Crippen LogP contribution in [0, 0.1) is 5.92 Å². The summed E-state index contributed by atoms with van der Waals surface area (Å²) in [5.74, 6) is -1.26. The molecule has 6 nitrogen and oxygen atoms in total. The predicted octanol–water partition coefficient (Wildman–Crippen LogP) is 2.54. The second kappa shape index (κ2) is 8.65. The van der Waals surface area contributed by atoms with Crippen LogP contribution in [0.15, 0.2) is 24.3 Å². The molecular weight excluding hydrogens is 320 g/mol. The molecule has 1 saturated carbocycles. The van der Waals surface area contributed by atoms with Crippen molar-refractivity contribution in [3.05, 3.63) is 35.4 Å². The number of amides is 2. The van der Waals surface area contributed by atoms with E-state index in [1.165, 1.54) is 0 Å². The highest BCUT2D eigenvalue weighted by Gasteiger charge is 2.26. The summed E-state index contributed by atoms with van der Waals surface area (Å²) in [5, 5.41) is 12.0. The quantitative estimate of drug-likeness (QED) is 0.829. The first-order chi connectivity index (χ1) is 12.0. The molecular formula is C19H26N2O4. The molecule has 0 radical (unpaired) electrons. The first-order valence-electron chi connectivity index (χ1n) is 8.89. The van der Waals surface area contributed by atoms with Crippen molar-refractivity contribution in [2.24, 2.45) is 5.92 Å². The van der Waals surface area contributed by atoms with Crippen molar-refractivity contribution in [3.63, 3.8) is 0 Å². The van der Waals surface area contributed by atoms with E-state index >= 15 is 0 Å². The molecule has 0 atom stereocenters. The Hall–Kier alpha value is -2.37. The molecule has 0 saturated heterocycles. The van der Waals surface area contributed by atoms with E-state index in [0.717, 1.165) is 0 Å². The number of carboxylic acids is 1. The number of hydrogen-bond acceptors (Lipinski definition) is 3. The minimum Gasteiger partial charge on any atom is -0.481 e. The number of rotatable bonds is 6. The largest absolute Gasteiger partial charge is 0.481 e. The third kappa shape index (κ3) is 4.81. The molecule has 0 bridgehead atoms. The summed E-state index contributed by atoms with van der Waals surface area (Å²) in [4.78, 5) is 37.3. The summed E-state index contributed by atoms with van der Waals surface area (Å²) in [7, 11) is 0. The molecule has 0 spiro atoms. The molecule has 2 N–H and O–H groups in total. The van der Waals surface area contributed by atoms with Gasteiger partial charge in [-0.25, -0.2) is 0 Å². The lowest BCUT2D eigenvalue weighted by Crippen LogP contribution is -2.38. The maximum absolute atomic E-state index is 12.3. The molecule has 0 aliphatic heterocycles. The summed E-state index contributed by atoms with van der Waals surface area (Å²) < 4.78 is 0. The molecule has 1 fully saturated rings. The number of aliphatic carboxylic acids is 1. The highest BCUT2D eigenvalue weighted by Crippen LogP contribution is 2.24. The average molecular weight is 346 g/mol. The molecule has 6 heteroatoms. The van der Waals surface area contributed by atoms with E-state index in [0.29, 0.717) is 49.9 Å². The fourth-order valence-electron chi connectivity index (χ4n) is 3.21. The highest BCUT2D eigenvalue weighted by atomic mass is 16.4. The summed E-state index contributed by atoms with van der Waals surface area (Å²) in [6.45, 7) is 5.16. The van der Waals surface area contributed by atoms with Crippen molar-refractivity contribution in [3.8, 4) is 0 Å². The first kappa shape index (κ1) is 19.0. The Labute approximate surface area is 148 Å². The fourth-order valence-corrected chi connectivity index (χ4v) is 3.21. The van der Waals surface area contributed by atoms with Crippen molar-refractivity contribution in [2.75, 3.05) is 13.1 Å². The van der Waals surface area contributed by atoms with Crippen molar-refractivity contribution in [2.45, 2.75) is 45.6 Å². The van der Waals surface area contributed by atoms with Crippen LogP contribution in [0.5, 0.6) is 0 Å². The van der Waals surface area contributed by atoms with Gasteiger partial charge in [-0.15, -0.1) is 0 Å². The maximum atomic E-state index is 12.3. The number of hydrogen-bond donors (Lipinski definition) is 2. The lowest BCUT2D eigenvalue weighted by molar-refractivity contribution is -0.142. The Morgan fingerprint density at radius 1 is 1.00 bits per heavy atom. The van der Waals surface area contributed by atoms with Gasteiger partial charge in [-0.1, -0.05) is 0 Å². The van der Waals surface area contributed by atoms with Gasteiger partial charge in [0, 0.05) is 30.3 Å². The van der Waals surface area contributed by atoms with Crippen LogP contribution in [0.4, 0.5) is 0 Å². The standard InChI is InChI=1S/C19H26N2O4/c1-3-21(4-2)18(23)14-7-5-13(6-8-14)17(22)20-16-11-9-15(10-12-16)19(24)25/h5-8,15-16H,3-4,9-12H2,1-2H3,(H,20,22)(H,24,25). The molecule has 0 aromatic heterocycles. The van der Waals surface area contributed by atoms with Crippen molar-refractivity contribution in [1.82, 2.24) is 10.2 Å². The van der Waals surface area contributed by atoms with Gasteiger partial charge in [0.1, 0.15) is 0 Å². The molecule has 0 unspecified atom stereocenters. The van der Waals surface area contributed by atoms with Crippen LogP contribution in [-0.4, -0.2) is 46.9 Å². The Bertz CT molecular complexity index is 615. The Morgan fingerprint density at radius 3 is 2.00 bits per heavy atom. The average Bonchev–Trinajstić information content (AvgIpc) is 2.63. The molecule has 1 aromatic rings. The molecule has 1 aliphatic rings. The van der Waals surface area contributed by atoms with Crippen molar-refractivity contribution >= 4 is 17.8 Å². The van der Waals surface area contributed by atoms with Crippen molar-refractivity contribution < 1.29 is 19.5 Å². The van der Waals surface area contributed by atoms with Crippen LogP contribution in [0.25, 0.3) is 0 Å². The molecule has 136 valence electrons. The number of carbonyl (C=O) groups is 3. The number of carbonyl (C=O) groups excluding carboxylic acids is 2. The lowest BCUT2D eigenvalue weighted by Gasteiger charge is -2.26. The van der Waals surface area contributed by atoms with Gasteiger partial charge in [0.15, 0.2) is 0 Å². The maximum Gasteiger partial charge on any atom is 0.306 e. The van der Waals surface area contributed by atoms with E-state index in [9.17, 15) is 14.4 Å². The molecule has 1 aliphatic carbocycles. The van der Waals surface area contributed by atoms with Crippen LogP contribution in [0.2, 0.25) is 0 Å². The van der Waals surface area contributed by atoms with Gasteiger partial charge >= 0.3 is 5.97 Å². The third-order valence-corrected chi connectivity index (χ3v) is 4.86. The van der Waals surface area contributed by atoms with Gasteiger partial charge in [-0.2, -0.15) is 0 Å². The highest BCUT2D eigenvalue weighted by molar-refractivity contribution is 5.97. The van der Waals surface area contributed by atoms with Crippen LogP contribution < -0.4 is 5.32 Å². The number of nitrogens with one attached hydrogen (secondary N) is 1. The SMILES string of the molecule is CCN(CC)C(=O)c1ccc(C(=O)NC2CCC(C(=O)O)CC2)cc1. The number of nitrogens with zero attached hydrogens (tertiary/aromatic N) is 1. The molecule has 2 amide bonds. The minimum atomic E-state index is -0.752. The number of carboxylic acid groups (broad SMARTS) is 1. The van der Waals surface area contributed by atoms with Gasteiger partial charge in [0.05, 0.1) is 5.92 Å². The Morgan fingerprint density at radius 2 is 1.52 bits per heavy atom. The predicted molar refractivity (Wildman–Crippen MR) is 94.5 cm³/mol. The van der Waals surface area contributed by atoms with E-state index < -0.39 is 5.97 Å². The first-order valence-corrected chi connectivity index (χ1v) is 8.89. The van der Waals surface area contributed by atoms with Crippen molar-refractivity contribution in [1.29, 1.82) is 0 Å². The van der Waals surface area contributed by atoms with Crippen LogP contribution in [0.1, 0.15) is 60.2 Å². The summed E-state index contributed by atoms with van der Waals surface area (Å²) in [6.07, 6.45) is 2.55. The van der Waals surface area contributed by atoms with E-state index in [2.05, 4.69) is 5.32 Å². The zero-order chi connectivity index (χ0) is 18.4. The number of benzene rings is 1. The molecule has 0 heterocycles. The van der Waals surface area contributed by atoms with Gasteiger partial charge in [-0.3, -0.25) is 14.4 Å². The second-order valence-corrected chi connectivity index (χ2v) is 6.42. The molecule has 2 rings (SSSR count). The lowest BCUT2D eigenvalue weighted by atomic mass is 9.86. The zero-order valence-electron chi connectivity index (χ0n) is 14.8. The van der Waals surface area contributed by atoms with Crippen LogP contribution >= 0.6 is 0 Å². The minimum absolute atomic E-state index is 0.0140. The van der Waals surface area contributed by atoms with Gasteiger partial charge in [0.2, 0.25) is 0 Å². The third-order valence-electron chi connectivity index (χ3n) is 4.86. The Kier molecular flexibility index (Phi) is 6.56. The van der Waals surface area contributed by atoms with Crippen LogP contribution in [0.3, 0.4) is 0 Å². The summed E-state index contributed by atoms with van der Waals surface area (Å²) in [6, 6.07) is 6.69. The summed E-state index contributed by atoms with van der Waals surface area (Å²) in [5.41, 5.74) is 1.08. The topological polar surface area (TPSA) is 86.7 Å². The fraction of sp³-hybridized carbons (Fsp3) is 0.526. The monoisotopic (exact) mass is 346 g/mol. The second-order valence-electron chi connectivity index (χ2n) is 6.42. The van der Waals surface area contributed by atoms with E-state index in [1.54, 1.807) is 29.2 Å². The summed E-state index contributed by atoms with van der Waals surface area (Å²) >= 11 is 0. The van der Waals surface area contributed by atoms with Gasteiger partial charge < -0.3 is 15.3 Å². The van der Waals surface area contributed by atoms with Crippen LogP contribution in [-0.2, 0) is 4.79 Å². The van der Waals surface area contributed by atoms with Gasteiger partial charge in [-0.05, 0) is 63.8 Å². The van der Waals surface area contributed by atoms with E-state index in [4.69, 9.17) is 5.11 Å². The van der Waals surface area contributed by atoms with E-state index in [-0.39, 0.29) is 23.8 Å². The van der Waals surface area contributed by atoms with Gasteiger partial charge in [0.25, 0.3) is 11.8 Å². The molecule has 25 heavy (non-hydrogen) atoms. The normalized spacial score (nSPS) is 19.9. The Balaban J connectivity index is 1.92. The van der Waals surface area contributed by atoms with E-state index in [1.807, 2.05) is 13.8 Å². The zero-order valence-corrected chi connectivity index (χ0v) is 14.8. The molecule has 1 aromatic carbocycles. The smallest absolute Gasteiger partial charge is 0.306 e.